The first kappa shape index (κ1) is 16.4. The Labute approximate surface area is 157 Å². The molecule has 0 spiro atoms. The predicted molar refractivity (Wildman–Crippen MR) is 97.1 cm³/mol. The second-order valence-corrected chi connectivity index (χ2v) is 7.11. The van der Waals surface area contributed by atoms with Crippen molar-refractivity contribution in [1.29, 1.82) is 0 Å². The van der Waals surface area contributed by atoms with Crippen LogP contribution in [0.3, 0.4) is 0 Å². The molecule has 0 saturated carbocycles. The molecule has 8 heteroatoms. The van der Waals surface area contributed by atoms with E-state index in [0.29, 0.717) is 28.2 Å². The highest BCUT2D eigenvalue weighted by Gasteiger charge is 2.45. The molecule has 0 radical (unpaired) electrons. The van der Waals surface area contributed by atoms with Gasteiger partial charge in [-0.1, -0.05) is 41.9 Å². The number of carbonyl (C=O) groups is 1. The van der Waals surface area contributed by atoms with Crippen molar-refractivity contribution >= 4 is 39.1 Å². The number of imidazole rings is 1. The van der Waals surface area contributed by atoms with Crippen molar-refractivity contribution in [2.75, 3.05) is 6.54 Å². The number of aromatic nitrogens is 3. The lowest BCUT2D eigenvalue weighted by atomic mass is 9.83. The zero-order valence-electron chi connectivity index (χ0n) is 13.0. The summed E-state index contributed by atoms with van der Waals surface area (Å²) in [5, 5.41) is 9.83. The van der Waals surface area contributed by atoms with E-state index in [4.69, 9.17) is 11.6 Å². The van der Waals surface area contributed by atoms with E-state index >= 15 is 0 Å². The van der Waals surface area contributed by atoms with Crippen molar-refractivity contribution in [2.24, 2.45) is 0 Å². The number of rotatable bonds is 3. The third kappa shape index (κ3) is 2.77. The van der Waals surface area contributed by atoms with Crippen LogP contribution in [0.4, 0.5) is 4.79 Å². The minimum absolute atomic E-state index is 0.00595. The van der Waals surface area contributed by atoms with Gasteiger partial charge in [-0.05, 0) is 27.9 Å². The maximum Gasteiger partial charge on any atom is 0.407 e. The summed E-state index contributed by atoms with van der Waals surface area (Å²) in [5.74, 6) is 0.790. The highest BCUT2D eigenvalue weighted by molar-refractivity contribution is 9.10. The van der Waals surface area contributed by atoms with Crippen LogP contribution in [0.2, 0.25) is 5.15 Å². The Morgan fingerprint density at radius 1 is 1.36 bits per heavy atom. The maximum absolute atomic E-state index is 11.5. The van der Waals surface area contributed by atoms with E-state index in [1.54, 1.807) is 12.4 Å². The summed E-state index contributed by atoms with van der Waals surface area (Å²) in [7, 11) is 0. The summed E-state index contributed by atoms with van der Waals surface area (Å²) in [6, 6.07) is 9.72. The van der Waals surface area contributed by atoms with Crippen molar-refractivity contribution in [2.45, 2.75) is 18.4 Å². The zero-order valence-corrected chi connectivity index (χ0v) is 15.4. The van der Waals surface area contributed by atoms with Crippen LogP contribution in [-0.2, 0) is 6.42 Å². The van der Waals surface area contributed by atoms with E-state index in [1.165, 1.54) is 4.90 Å². The van der Waals surface area contributed by atoms with Gasteiger partial charge in [0.15, 0.2) is 5.15 Å². The fourth-order valence-electron chi connectivity index (χ4n) is 3.37. The number of amides is 1. The Bertz CT molecular complexity index is 946. The Kier molecular flexibility index (Phi) is 4.13. The number of carboxylic acid groups (broad SMARTS) is 1. The van der Waals surface area contributed by atoms with Gasteiger partial charge >= 0.3 is 6.09 Å². The average molecular weight is 422 g/mol. The zero-order chi connectivity index (χ0) is 17.6. The number of hydrogen-bond donors (Lipinski definition) is 1. The highest BCUT2D eigenvalue weighted by atomic mass is 79.9. The Morgan fingerprint density at radius 2 is 2.12 bits per heavy atom. The van der Waals surface area contributed by atoms with Gasteiger partial charge in [-0.15, -0.1) is 0 Å². The van der Waals surface area contributed by atoms with Crippen molar-refractivity contribution in [3.05, 3.63) is 63.9 Å². The lowest BCUT2D eigenvalue weighted by molar-refractivity contribution is 0.0529. The van der Waals surface area contributed by atoms with Gasteiger partial charge in [-0.25, -0.2) is 14.8 Å². The standard InChI is InChI=1S/C17H14BrClN4O2/c18-14-13-15(19)20-6-7-22(13)16(21-14)11-9-23(17(24)25)12(11)8-10-4-2-1-3-5-10/h1-7,11-12H,8-9H2,(H,24,25). The first-order chi connectivity index (χ1) is 12.1. The van der Waals surface area contributed by atoms with Crippen molar-refractivity contribution < 1.29 is 9.90 Å². The third-order valence-electron chi connectivity index (χ3n) is 4.62. The first-order valence-corrected chi connectivity index (χ1v) is 8.95. The van der Waals surface area contributed by atoms with Gasteiger partial charge in [0.25, 0.3) is 0 Å². The number of halogens is 2. The summed E-state index contributed by atoms with van der Waals surface area (Å²) in [4.78, 5) is 21.7. The van der Waals surface area contributed by atoms with Crippen LogP contribution in [0.15, 0.2) is 47.3 Å². The predicted octanol–water partition coefficient (Wildman–Crippen LogP) is 3.83. The van der Waals surface area contributed by atoms with Gasteiger partial charge in [0.1, 0.15) is 15.9 Å². The van der Waals surface area contributed by atoms with E-state index in [1.807, 2.05) is 34.7 Å². The lowest BCUT2D eigenvalue weighted by Gasteiger charge is -2.45. The number of likely N-dealkylation sites (tertiary alicyclic amines) is 1. The average Bonchev–Trinajstić information content (AvgIpc) is 2.90. The molecule has 3 heterocycles. The van der Waals surface area contributed by atoms with Gasteiger partial charge < -0.3 is 10.0 Å². The molecule has 1 aliphatic rings. The molecule has 2 aromatic heterocycles. The van der Waals surface area contributed by atoms with Crippen molar-refractivity contribution in [1.82, 2.24) is 19.3 Å². The molecule has 0 aliphatic carbocycles. The second kappa shape index (κ2) is 6.31. The van der Waals surface area contributed by atoms with Gasteiger partial charge in [0.05, 0.1) is 12.0 Å². The molecular formula is C17H14BrClN4O2. The molecule has 6 nitrogen and oxygen atoms in total. The van der Waals surface area contributed by atoms with Gasteiger partial charge in [0, 0.05) is 18.9 Å². The molecule has 1 aliphatic heterocycles. The largest absolute Gasteiger partial charge is 0.465 e. The Morgan fingerprint density at radius 3 is 2.84 bits per heavy atom. The summed E-state index contributed by atoms with van der Waals surface area (Å²) < 4.78 is 2.51. The van der Waals surface area contributed by atoms with Gasteiger partial charge in [-0.3, -0.25) is 4.40 Å². The number of hydrogen-bond acceptors (Lipinski definition) is 3. The number of benzene rings is 1. The molecule has 2 unspecified atom stereocenters. The molecule has 2 atom stereocenters. The van der Waals surface area contributed by atoms with Crippen LogP contribution in [0.1, 0.15) is 17.3 Å². The molecule has 1 N–H and O–H groups in total. The third-order valence-corrected chi connectivity index (χ3v) is 5.45. The van der Waals surface area contributed by atoms with Crippen molar-refractivity contribution in [3.8, 4) is 0 Å². The summed E-state index contributed by atoms with van der Waals surface area (Å²) >= 11 is 9.61. The molecule has 1 amide bonds. The second-order valence-electron chi connectivity index (χ2n) is 6.00. The smallest absolute Gasteiger partial charge is 0.407 e. The Balaban J connectivity index is 1.72. The quantitative estimate of drug-likeness (QED) is 0.698. The molecule has 128 valence electrons. The maximum atomic E-state index is 11.5. The van der Waals surface area contributed by atoms with E-state index in [0.717, 1.165) is 11.4 Å². The van der Waals surface area contributed by atoms with E-state index in [9.17, 15) is 9.90 Å². The van der Waals surface area contributed by atoms with Crippen LogP contribution in [0, 0.1) is 0 Å². The van der Waals surface area contributed by atoms with Gasteiger partial charge in [0.2, 0.25) is 0 Å². The highest BCUT2D eigenvalue weighted by Crippen LogP contribution is 2.38. The molecule has 0 bridgehead atoms. The van der Waals surface area contributed by atoms with Crippen molar-refractivity contribution in [3.63, 3.8) is 0 Å². The fraction of sp³-hybridized carbons (Fsp3) is 0.235. The minimum Gasteiger partial charge on any atom is -0.465 e. The topological polar surface area (TPSA) is 70.7 Å². The van der Waals surface area contributed by atoms with Crippen LogP contribution >= 0.6 is 27.5 Å². The monoisotopic (exact) mass is 420 g/mol. The number of fused-ring (bicyclic) bond motifs is 1. The van der Waals surface area contributed by atoms with Gasteiger partial charge in [-0.2, -0.15) is 0 Å². The normalized spacial score (nSPS) is 19.8. The summed E-state index contributed by atoms with van der Waals surface area (Å²) in [6.45, 7) is 0.415. The van der Waals surface area contributed by atoms with Crippen LogP contribution in [0.5, 0.6) is 0 Å². The lowest BCUT2D eigenvalue weighted by Crippen LogP contribution is -2.58. The molecular weight excluding hydrogens is 408 g/mol. The molecule has 1 fully saturated rings. The first-order valence-electron chi connectivity index (χ1n) is 7.77. The molecule has 1 aromatic carbocycles. The van der Waals surface area contributed by atoms with E-state index < -0.39 is 6.09 Å². The van der Waals surface area contributed by atoms with Crippen LogP contribution in [-0.4, -0.2) is 43.1 Å². The Hall–Kier alpha value is -2.12. The molecule has 4 rings (SSSR count). The van der Waals surface area contributed by atoms with E-state index in [-0.39, 0.29) is 12.0 Å². The fourth-order valence-corrected chi connectivity index (χ4v) is 4.29. The number of nitrogens with zero attached hydrogens (tertiary/aromatic N) is 4. The van der Waals surface area contributed by atoms with Crippen LogP contribution in [0.25, 0.3) is 5.52 Å². The molecule has 1 saturated heterocycles. The summed E-state index contributed by atoms with van der Waals surface area (Å²) in [5.41, 5.74) is 1.80. The van der Waals surface area contributed by atoms with E-state index in [2.05, 4.69) is 25.9 Å². The molecule has 3 aromatic rings. The SMILES string of the molecule is O=C(O)N1CC(c2nc(Br)c3c(Cl)nccn23)C1Cc1ccccc1. The minimum atomic E-state index is -0.906. The van der Waals surface area contributed by atoms with Crippen LogP contribution < -0.4 is 0 Å². The molecule has 25 heavy (non-hydrogen) atoms. The summed E-state index contributed by atoms with van der Waals surface area (Å²) in [6.07, 6.45) is 3.16.